The molecule has 0 aliphatic rings. The zero-order valence-electron chi connectivity index (χ0n) is 12.4. The molecule has 22 heavy (non-hydrogen) atoms. The molecule has 1 unspecified atom stereocenters. The summed E-state index contributed by atoms with van der Waals surface area (Å²) < 4.78 is 10.2. The Labute approximate surface area is 127 Å². The third-order valence-corrected chi connectivity index (χ3v) is 3.57. The van der Waals surface area contributed by atoms with Crippen LogP contribution in [0.15, 0.2) is 53.3 Å². The number of carbonyl (C=O) groups excluding carboxylic acids is 1. The van der Waals surface area contributed by atoms with Gasteiger partial charge in [0.15, 0.2) is 18.0 Å². The maximum Gasteiger partial charge on any atom is 0.332 e. The number of rotatable bonds is 4. The van der Waals surface area contributed by atoms with Crippen molar-refractivity contribution in [1.82, 2.24) is 4.98 Å². The summed E-state index contributed by atoms with van der Waals surface area (Å²) in [5, 5.41) is 3.24. The summed E-state index contributed by atoms with van der Waals surface area (Å²) in [7, 11) is 1.38. The van der Waals surface area contributed by atoms with E-state index in [-0.39, 0.29) is 5.97 Å². The van der Waals surface area contributed by atoms with Gasteiger partial charge in [0.05, 0.1) is 7.11 Å². The number of hydrogen-bond donors (Lipinski definition) is 1. The molecule has 0 radical (unpaired) electrons. The SMILES string of the molecule is COC(=O)C(Nc1ccccc1C)c1ccc2ocnc2c1. The summed E-state index contributed by atoms with van der Waals surface area (Å²) in [6.07, 6.45) is 1.39. The van der Waals surface area contributed by atoms with E-state index in [1.807, 2.05) is 43.3 Å². The fraction of sp³-hybridized carbons (Fsp3) is 0.176. The normalized spacial score (nSPS) is 12.1. The van der Waals surface area contributed by atoms with Crippen LogP contribution in [0.25, 0.3) is 11.1 Å². The van der Waals surface area contributed by atoms with E-state index >= 15 is 0 Å². The van der Waals surface area contributed by atoms with Gasteiger partial charge in [0, 0.05) is 5.69 Å². The first-order chi connectivity index (χ1) is 10.7. The Balaban J connectivity index is 1.99. The minimum Gasteiger partial charge on any atom is -0.467 e. The molecule has 0 saturated carbocycles. The van der Waals surface area contributed by atoms with Crippen molar-refractivity contribution in [1.29, 1.82) is 0 Å². The molecule has 1 N–H and O–H groups in total. The van der Waals surface area contributed by atoms with Gasteiger partial charge in [-0.1, -0.05) is 24.3 Å². The van der Waals surface area contributed by atoms with E-state index in [0.717, 1.165) is 16.8 Å². The Morgan fingerprint density at radius 3 is 2.86 bits per heavy atom. The van der Waals surface area contributed by atoms with Crippen molar-refractivity contribution in [3.63, 3.8) is 0 Å². The van der Waals surface area contributed by atoms with Crippen LogP contribution in [0.4, 0.5) is 5.69 Å². The molecule has 1 heterocycles. The highest BCUT2D eigenvalue weighted by Gasteiger charge is 2.22. The molecular weight excluding hydrogens is 280 g/mol. The van der Waals surface area contributed by atoms with Crippen molar-refractivity contribution in [3.05, 3.63) is 60.0 Å². The molecule has 1 atom stereocenters. The first-order valence-electron chi connectivity index (χ1n) is 6.92. The first-order valence-corrected chi connectivity index (χ1v) is 6.92. The molecule has 1 aromatic heterocycles. The quantitative estimate of drug-likeness (QED) is 0.747. The van der Waals surface area contributed by atoms with Gasteiger partial charge in [0.25, 0.3) is 0 Å². The zero-order valence-corrected chi connectivity index (χ0v) is 12.4. The Kier molecular flexibility index (Phi) is 3.78. The average Bonchev–Trinajstić information content (AvgIpc) is 3.01. The highest BCUT2D eigenvalue weighted by Crippen LogP contribution is 2.25. The fourth-order valence-electron chi connectivity index (χ4n) is 2.34. The maximum atomic E-state index is 12.2. The summed E-state index contributed by atoms with van der Waals surface area (Å²) in [6, 6.07) is 12.6. The van der Waals surface area contributed by atoms with E-state index in [1.54, 1.807) is 6.07 Å². The number of esters is 1. The van der Waals surface area contributed by atoms with Crippen molar-refractivity contribution in [2.75, 3.05) is 12.4 Å². The zero-order chi connectivity index (χ0) is 15.5. The van der Waals surface area contributed by atoms with Crippen LogP contribution < -0.4 is 5.32 Å². The summed E-state index contributed by atoms with van der Waals surface area (Å²) >= 11 is 0. The van der Waals surface area contributed by atoms with E-state index in [9.17, 15) is 4.79 Å². The van der Waals surface area contributed by atoms with Crippen LogP contribution in [0, 0.1) is 6.92 Å². The van der Waals surface area contributed by atoms with Crippen molar-refractivity contribution in [2.24, 2.45) is 0 Å². The number of anilines is 1. The molecule has 3 aromatic rings. The number of carbonyl (C=O) groups is 1. The monoisotopic (exact) mass is 296 g/mol. The first kappa shape index (κ1) is 14.1. The summed E-state index contributed by atoms with van der Waals surface area (Å²) in [4.78, 5) is 16.3. The van der Waals surface area contributed by atoms with Crippen molar-refractivity contribution in [3.8, 4) is 0 Å². The lowest BCUT2D eigenvalue weighted by Gasteiger charge is -2.19. The minimum absolute atomic E-state index is 0.355. The van der Waals surface area contributed by atoms with Crippen molar-refractivity contribution < 1.29 is 13.9 Å². The Morgan fingerprint density at radius 1 is 1.27 bits per heavy atom. The summed E-state index contributed by atoms with van der Waals surface area (Å²) in [5.41, 5.74) is 4.11. The predicted molar refractivity (Wildman–Crippen MR) is 83.6 cm³/mol. The Bertz CT molecular complexity index is 810. The third-order valence-electron chi connectivity index (χ3n) is 3.57. The second-order valence-corrected chi connectivity index (χ2v) is 4.99. The van der Waals surface area contributed by atoms with E-state index in [4.69, 9.17) is 9.15 Å². The van der Waals surface area contributed by atoms with Gasteiger partial charge in [-0.2, -0.15) is 0 Å². The number of para-hydroxylation sites is 1. The standard InChI is InChI=1S/C17H16N2O3/c1-11-5-3-4-6-13(11)19-16(17(20)21-2)12-7-8-15-14(9-12)18-10-22-15/h3-10,16,19H,1-2H3. The second kappa shape index (κ2) is 5.89. The van der Waals surface area contributed by atoms with Gasteiger partial charge < -0.3 is 14.5 Å². The van der Waals surface area contributed by atoms with Crippen LogP contribution in [0.1, 0.15) is 17.2 Å². The number of aromatic nitrogens is 1. The van der Waals surface area contributed by atoms with Crippen LogP contribution in [0.5, 0.6) is 0 Å². The summed E-state index contributed by atoms with van der Waals surface area (Å²) in [5.74, 6) is -0.355. The van der Waals surface area contributed by atoms with Crippen LogP contribution in [-0.4, -0.2) is 18.1 Å². The number of nitrogens with one attached hydrogen (secondary N) is 1. The number of benzene rings is 2. The molecule has 3 rings (SSSR count). The number of methoxy groups -OCH3 is 1. The average molecular weight is 296 g/mol. The molecule has 2 aromatic carbocycles. The van der Waals surface area contributed by atoms with Gasteiger partial charge in [-0.05, 0) is 36.2 Å². The minimum atomic E-state index is -0.604. The molecule has 0 amide bonds. The number of ether oxygens (including phenoxy) is 1. The molecule has 0 fully saturated rings. The smallest absolute Gasteiger partial charge is 0.332 e. The number of oxazole rings is 1. The second-order valence-electron chi connectivity index (χ2n) is 4.99. The summed E-state index contributed by atoms with van der Waals surface area (Å²) in [6.45, 7) is 1.98. The highest BCUT2D eigenvalue weighted by atomic mass is 16.5. The molecule has 0 aliphatic heterocycles. The lowest BCUT2D eigenvalue weighted by Crippen LogP contribution is -2.22. The molecule has 0 aliphatic carbocycles. The van der Waals surface area contributed by atoms with Crippen molar-refractivity contribution >= 4 is 22.8 Å². The maximum absolute atomic E-state index is 12.2. The number of nitrogens with zero attached hydrogens (tertiary/aromatic N) is 1. The van der Waals surface area contributed by atoms with Crippen LogP contribution >= 0.6 is 0 Å². The van der Waals surface area contributed by atoms with Crippen LogP contribution in [0.3, 0.4) is 0 Å². The van der Waals surface area contributed by atoms with Gasteiger partial charge in [0.1, 0.15) is 5.52 Å². The molecular formula is C17H16N2O3. The van der Waals surface area contributed by atoms with Gasteiger partial charge in [-0.15, -0.1) is 0 Å². The predicted octanol–water partition coefficient (Wildman–Crippen LogP) is 3.46. The van der Waals surface area contributed by atoms with E-state index in [1.165, 1.54) is 13.5 Å². The molecule has 0 spiro atoms. The lowest BCUT2D eigenvalue weighted by atomic mass is 10.0. The molecule has 112 valence electrons. The van der Waals surface area contributed by atoms with Gasteiger partial charge in [0.2, 0.25) is 0 Å². The van der Waals surface area contributed by atoms with E-state index in [0.29, 0.717) is 11.1 Å². The molecule has 5 heteroatoms. The van der Waals surface area contributed by atoms with Gasteiger partial charge >= 0.3 is 5.97 Å². The Hall–Kier alpha value is -2.82. The van der Waals surface area contributed by atoms with E-state index < -0.39 is 6.04 Å². The fourth-order valence-corrected chi connectivity index (χ4v) is 2.34. The van der Waals surface area contributed by atoms with E-state index in [2.05, 4.69) is 10.3 Å². The van der Waals surface area contributed by atoms with Crippen LogP contribution in [-0.2, 0) is 9.53 Å². The molecule has 0 saturated heterocycles. The lowest BCUT2D eigenvalue weighted by molar-refractivity contribution is -0.141. The molecule has 5 nitrogen and oxygen atoms in total. The third kappa shape index (κ3) is 2.65. The molecule has 0 bridgehead atoms. The van der Waals surface area contributed by atoms with Crippen LogP contribution in [0.2, 0.25) is 0 Å². The van der Waals surface area contributed by atoms with Gasteiger partial charge in [-0.25, -0.2) is 9.78 Å². The van der Waals surface area contributed by atoms with Gasteiger partial charge in [-0.3, -0.25) is 0 Å². The topological polar surface area (TPSA) is 64.4 Å². The Morgan fingerprint density at radius 2 is 2.09 bits per heavy atom. The number of hydrogen-bond acceptors (Lipinski definition) is 5. The highest BCUT2D eigenvalue weighted by molar-refractivity contribution is 5.83. The number of aryl methyl sites for hydroxylation is 1. The van der Waals surface area contributed by atoms with Crippen molar-refractivity contribution in [2.45, 2.75) is 13.0 Å². The largest absolute Gasteiger partial charge is 0.467 e. The number of fused-ring (bicyclic) bond motifs is 1.